The maximum atomic E-state index is 16.2. The van der Waals surface area contributed by atoms with E-state index in [2.05, 4.69) is 31.6 Å². The highest BCUT2D eigenvalue weighted by Gasteiger charge is 2.54. The summed E-state index contributed by atoms with van der Waals surface area (Å²) in [5, 5.41) is 25.1. The Labute approximate surface area is 547 Å². The number of nitrogens with one attached hydrogen (secondary N) is 5. The number of methoxy groups -OCH3 is 1. The lowest BCUT2D eigenvalue weighted by Crippen LogP contribution is -2.59. The highest BCUT2D eigenvalue weighted by atomic mass is 35.5. The van der Waals surface area contributed by atoms with E-state index in [1.165, 1.54) is 41.5 Å². The molecule has 0 bridgehead atoms. The van der Waals surface area contributed by atoms with E-state index in [1.807, 2.05) is 50.2 Å². The van der Waals surface area contributed by atoms with Crippen molar-refractivity contribution in [1.82, 2.24) is 36.5 Å². The molecule has 0 unspecified atom stereocenters. The third-order valence-electron chi connectivity index (χ3n) is 17.6. The van der Waals surface area contributed by atoms with Crippen molar-refractivity contribution in [2.24, 2.45) is 17.1 Å². The molecular formula is C67H82ClF3N8O13S. The fourth-order valence-electron chi connectivity index (χ4n) is 12.2. The van der Waals surface area contributed by atoms with Gasteiger partial charge >= 0.3 is 0 Å². The van der Waals surface area contributed by atoms with Crippen molar-refractivity contribution >= 4 is 58.4 Å². The first-order chi connectivity index (χ1) is 44.4. The lowest BCUT2D eigenvalue weighted by Gasteiger charge is -2.37. The smallest absolute Gasteiger partial charge is 0.258 e. The monoisotopic (exact) mass is 1330 g/mol. The van der Waals surface area contributed by atoms with Crippen LogP contribution >= 0.6 is 22.9 Å². The minimum atomic E-state index is -2.01. The van der Waals surface area contributed by atoms with Gasteiger partial charge in [0.25, 0.3) is 11.8 Å². The van der Waals surface area contributed by atoms with E-state index in [4.69, 9.17) is 45.8 Å². The lowest BCUT2D eigenvalue weighted by molar-refractivity contribution is -0.145. The number of hydrogen-bond donors (Lipinski definition) is 7. The first-order valence-corrected chi connectivity index (χ1v) is 32.6. The molecule has 1 aromatic heterocycles. The van der Waals surface area contributed by atoms with E-state index in [-0.39, 0.29) is 130 Å². The van der Waals surface area contributed by atoms with Crippen LogP contribution in [0.3, 0.4) is 0 Å². The van der Waals surface area contributed by atoms with Crippen LogP contribution < -0.4 is 46.5 Å². The van der Waals surface area contributed by atoms with Gasteiger partial charge in [0.15, 0.2) is 29.4 Å². The summed E-state index contributed by atoms with van der Waals surface area (Å²) in [4.78, 5) is 85.9. The van der Waals surface area contributed by atoms with Gasteiger partial charge in [-0.15, -0.1) is 11.3 Å². The molecule has 5 aromatic rings. The Morgan fingerprint density at radius 2 is 1.55 bits per heavy atom. The number of carbonyl (C=O) groups excluding carboxylic acids is 6. The minimum absolute atomic E-state index is 0.0184. The molecule has 3 fully saturated rings. The molecule has 0 spiro atoms. The number of carbonyl (C=O) groups is 6. The topological polar surface area (TPSA) is 280 Å². The van der Waals surface area contributed by atoms with Crippen LogP contribution in [-0.2, 0) is 50.3 Å². The van der Waals surface area contributed by atoms with Crippen molar-refractivity contribution < 1.29 is 75.5 Å². The second kappa shape index (κ2) is 30.8. The van der Waals surface area contributed by atoms with E-state index in [0.29, 0.717) is 62.3 Å². The Bertz CT molecular complexity index is 3510. The predicted octanol–water partition coefficient (Wildman–Crippen LogP) is 7.34. The van der Waals surface area contributed by atoms with Crippen LogP contribution in [0.5, 0.6) is 17.2 Å². The van der Waals surface area contributed by atoms with Gasteiger partial charge in [0, 0.05) is 85.3 Å². The Kier molecular flexibility index (Phi) is 23.2. The molecular weight excluding hydrogens is 1250 g/mol. The molecule has 8 N–H and O–H groups in total. The number of nitrogens with zero attached hydrogens (tertiary/aromatic N) is 2. The summed E-state index contributed by atoms with van der Waals surface area (Å²) in [6.45, 7) is 10.8. The molecule has 2 aliphatic carbocycles. The van der Waals surface area contributed by atoms with Gasteiger partial charge in [-0.2, -0.15) is 0 Å². The van der Waals surface area contributed by atoms with Crippen LogP contribution in [0.4, 0.5) is 13.2 Å². The number of primary amides is 1. The van der Waals surface area contributed by atoms with Crippen molar-refractivity contribution in [2.75, 3.05) is 79.5 Å². The van der Waals surface area contributed by atoms with Crippen LogP contribution in [0, 0.1) is 29.9 Å². The third kappa shape index (κ3) is 16.6. The number of aliphatic hydroxyl groups excluding tert-OH is 1. The van der Waals surface area contributed by atoms with Crippen molar-refractivity contribution in [3.63, 3.8) is 0 Å². The van der Waals surface area contributed by atoms with Crippen molar-refractivity contribution in [1.29, 1.82) is 0 Å². The average Bonchev–Trinajstić information content (AvgIpc) is 1.60. The van der Waals surface area contributed by atoms with Crippen LogP contribution in [-0.4, -0.2) is 160 Å². The molecule has 26 heteroatoms. The molecule has 0 radical (unpaired) electrons. The number of amides is 6. The summed E-state index contributed by atoms with van der Waals surface area (Å²) in [5.74, 6) is -5.64. The average molecular weight is 1330 g/mol. The Morgan fingerprint density at radius 3 is 2.18 bits per heavy atom. The van der Waals surface area contributed by atoms with Crippen LogP contribution in [0.25, 0.3) is 21.6 Å². The summed E-state index contributed by atoms with van der Waals surface area (Å²) in [6.07, 6.45) is 1.77. The molecule has 3 heterocycles. The number of benzene rings is 4. The molecule has 4 aromatic carbocycles. The molecule has 1 saturated heterocycles. The number of β-amino-alcohol motifs (C(OH)–C–C–N with tert-alkyl or cyclic N) is 1. The maximum absolute atomic E-state index is 16.2. The maximum Gasteiger partial charge on any atom is 0.258 e. The highest BCUT2D eigenvalue weighted by Crippen LogP contribution is 2.57. The Balaban J connectivity index is 0.654. The Hall–Kier alpha value is -7.39. The van der Waals surface area contributed by atoms with E-state index in [9.17, 15) is 38.3 Å². The summed E-state index contributed by atoms with van der Waals surface area (Å²) in [6, 6.07) is 16.4. The van der Waals surface area contributed by atoms with E-state index < -0.39 is 82.0 Å². The fourth-order valence-corrected chi connectivity index (χ4v) is 13.2. The van der Waals surface area contributed by atoms with Crippen molar-refractivity contribution in [2.45, 2.75) is 128 Å². The zero-order chi connectivity index (χ0) is 66.8. The summed E-state index contributed by atoms with van der Waals surface area (Å²) < 4.78 is 81.7. The number of alkyl halides is 1. The van der Waals surface area contributed by atoms with Gasteiger partial charge in [-0.1, -0.05) is 81.8 Å². The molecule has 2 aliphatic heterocycles. The minimum Gasteiger partial charge on any atom is -0.494 e. The molecule has 6 amide bonds. The first kappa shape index (κ1) is 69.9. The largest absolute Gasteiger partial charge is 0.494 e. The number of likely N-dealkylation sites (tertiary alicyclic amines) is 1. The number of hydrogen-bond acceptors (Lipinski definition) is 16. The first-order valence-electron chi connectivity index (χ1n) is 31.3. The van der Waals surface area contributed by atoms with Crippen LogP contribution in [0.15, 0.2) is 72.2 Å². The van der Waals surface area contributed by atoms with E-state index in [0.717, 1.165) is 21.7 Å². The molecule has 502 valence electrons. The van der Waals surface area contributed by atoms with Gasteiger partial charge < -0.3 is 70.7 Å². The van der Waals surface area contributed by atoms with Gasteiger partial charge in [0.1, 0.15) is 29.4 Å². The molecule has 93 heavy (non-hydrogen) atoms. The van der Waals surface area contributed by atoms with Crippen LogP contribution in [0.2, 0.25) is 5.02 Å². The molecule has 5 atom stereocenters. The summed E-state index contributed by atoms with van der Waals surface area (Å²) >= 11 is 8.11. The second-order valence-corrected chi connectivity index (χ2v) is 26.3. The third-order valence-corrected chi connectivity index (χ3v) is 18.9. The molecule has 9 rings (SSSR count). The number of aromatic nitrogens is 1. The second-order valence-electron chi connectivity index (χ2n) is 25.0. The fraction of sp³-hybridized carbons (Fsp3) is 0.507. The number of thiazole rings is 1. The SMILES string of the molecule is COc1ccc(C(N)=O)c(-c2c(Cl)c(F)cc3c2[C@H](C)[C@@](CNC2CCC(C(=O)NCCOCCOCCOCCNC(=O)COc4cc(-c5scnc5C)ccc4CNC(=O)[C@@H]4C[C@@H](O)CN4C(=O)[C@@H](NC(=O)C4(F)CC4)C(C)(C)C)CC2)(c2ccccc2)O3)c1F. The standard InChI is InChI=1S/C67H82ClF3N8O13S/c1-38-53-51(32-47(69)56(68)55(53)54-46(60(72)82)18-19-49(87-6)57(54)70)92-67(38,43-10-8-7-9-11-43)36-76-44-16-14-40(15-17-44)61(83)74-23-25-89-27-29-90-28-26-88-24-22-73-52(81)35-91-50-30-41(58-39(2)77-37-93-58)12-13-42(50)33-75-62(84)48-31-45(80)34-79(48)63(85)59(65(3,4)5)78-64(86)66(71)20-21-66/h7-13,18-19,30,32,37-38,40,44-45,48,59,76,80H,14-17,20-29,31,33-36H2,1-6H3,(H2,72,82)(H,73,81)(H,74,83)(H,75,84)(H,78,86)/t38-,40?,44?,45+,48-,59+,67-/m0/s1. The quantitative estimate of drug-likeness (QED) is 0.0222. The number of ether oxygens (including phenoxy) is 6. The number of fused-ring (bicyclic) bond motifs is 1. The molecule has 2 saturated carbocycles. The molecule has 4 aliphatic rings. The van der Waals surface area contributed by atoms with Gasteiger partial charge in [-0.05, 0) is 80.2 Å². The van der Waals surface area contributed by atoms with Crippen molar-refractivity contribution in [3.8, 4) is 38.8 Å². The van der Waals surface area contributed by atoms with Crippen molar-refractivity contribution in [3.05, 3.63) is 117 Å². The van der Waals surface area contributed by atoms with E-state index in [1.54, 1.807) is 38.4 Å². The number of aryl methyl sites for hydroxylation is 1. The number of nitrogens with two attached hydrogens (primary N) is 1. The van der Waals surface area contributed by atoms with Gasteiger partial charge in [-0.3, -0.25) is 28.8 Å². The molecule has 21 nitrogen and oxygen atoms in total. The van der Waals surface area contributed by atoms with Crippen LogP contribution in [0.1, 0.15) is 111 Å². The summed E-state index contributed by atoms with van der Waals surface area (Å²) in [7, 11) is 1.28. The Morgan fingerprint density at radius 1 is 0.871 bits per heavy atom. The number of rotatable bonds is 30. The number of halogens is 4. The zero-order valence-electron chi connectivity index (χ0n) is 53.1. The number of aliphatic hydroxyl groups is 1. The summed E-state index contributed by atoms with van der Waals surface area (Å²) in [5.41, 5.74) is 6.30. The van der Waals surface area contributed by atoms with Gasteiger partial charge in [-0.25, -0.2) is 18.2 Å². The van der Waals surface area contributed by atoms with Gasteiger partial charge in [0.2, 0.25) is 23.6 Å². The zero-order valence-corrected chi connectivity index (χ0v) is 54.6. The van der Waals surface area contributed by atoms with Gasteiger partial charge in [0.05, 0.1) is 79.5 Å². The predicted molar refractivity (Wildman–Crippen MR) is 341 cm³/mol. The lowest BCUT2D eigenvalue weighted by atomic mass is 9.77. The highest BCUT2D eigenvalue weighted by molar-refractivity contribution is 7.13. The van der Waals surface area contributed by atoms with E-state index >= 15 is 8.78 Å². The normalized spacial score (nSPS) is 20.8.